The van der Waals surface area contributed by atoms with Gasteiger partial charge < -0.3 is 10.2 Å². The van der Waals surface area contributed by atoms with Crippen molar-refractivity contribution in [2.24, 2.45) is 5.92 Å². The van der Waals surface area contributed by atoms with Crippen molar-refractivity contribution in [3.8, 4) is 0 Å². The van der Waals surface area contributed by atoms with E-state index in [0.717, 1.165) is 18.7 Å². The largest absolute Gasteiger partial charge is 0.313 e. The lowest BCUT2D eigenvalue weighted by atomic mass is 10.1. The van der Waals surface area contributed by atoms with E-state index in [1.54, 1.807) is 10.4 Å². The first-order valence-electron chi connectivity index (χ1n) is 7.31. The fraction of sp³-hybridized carbons (Fsp3) is 0.714. The van der Waals surface area contributed by atoms with Crippen LogP contribution in [-0.4, -0.2) is 57.4 Å². The standard InChI is InChI=1S/C14H25N3O2S2/c1-5-15-7-12-6-14(20-10-12)21(18,19)17-8-11(2)13(9-17)16(3)4/h6,10-11,13,15H,5,7-9H2,1-4H3. The molecule has 2 heterocycles. The van der Waals surface area contributed by atoms with Gasteiger partial charge in [-0.2, -0.15) is 4.31 Å². The third-order valence-corrected chi connectivity index (χ3v) is 7.30. The summed E-state index contributed by atoms with van der Waals surface area (Å²) in [6, 6.07) is 2.09. The van der Waals surface area contributed by atoms with Crippen LogP contribution >= 0.6 is 11.3 Å². The molecule has 0 aliphatic carbocycles. The molecular formula is C14H25N3O2S2. The second kappa shape index (κ2) is 6.75. The summed E-state index contributed by atoms with van der Waals surface area (Å²) in [7, 11) is 0.677. The summed E-state index contributed by atoms with van der Waals surface area (Å²) in [5.41, 5.74) is 1.04. The number of hydrogen-bond acceptors (Lipinski definition) is 5. The van der Waals surface area contributed by atoms with Crippen molar-refractivity contribution in [3.05, 3.63) is 17.0 Å². The lowest BCUT2D eigenvalue weighted by Crippen LogP contribution is -2.35. The molecule has 1 N–H and O–H groups in total. The number of likely N-dealkylation sites (N-methyl/N-ethyl adjacent to an activating group) is 1. The van der Waals surface area contributed by atoms with Crippen molar-refractivity contribution >= 4 is 21.4 Å². The minimum Gasteiger partial charge on any atom is -0.313 e. The molecule has 7 heteroatoms. The fourth-order valence-electron chi connectivity index (χ4n) is 2.75. The van der Waals surface area contributed by atoms with Crippen LogP contribution in [0.2, 0.25) is 0 Å². The van der Waals surface area contributed by atoms with E-state index < -0.39 is 10.0 Å². The minimum absolute atomic E-state index is 0.293. The molecule has 2 atom stereocenters. The average molecular weight is 332 g/mol. The Morgan fingerprint density at radius 1 is 1.43 bits per heavy atom. The monoisotopic (exact) mass is 331 g/mol. The highest BCUT2D eigenvalue weighted by molar-refractivity contribution is 7.91. The molecule has 0 amide bonds. The maximum Gasteiger partial charge on any atom is 0.252 e. The number of nitrogens with one attached hydrogen (secondary N) is 1. The van der Waals surface area contributed by atoms with Crippen molar-refractivity contribution in [1.82, 2.24) is 14.5 Å². The second-order valence-electron chi connectivity index (χ2n) is 5.88. The predicted octanol–water partition coefficient (Wildman–Crippen LogP) is 1.43. The summed E-state index contributed by atoms with van der Waals surface area (Å²) in [4.78, 5) is 2.12. The number of hydrogen-bond donors (Lipinski definition) is 1. The molecule has 0 spiro atoms. The first-order valence-corrected chi connectivity index (χ1v) is 9.63. The number of rotatable bonds is 6. The van der Waals surface area contributed by atoms with E-state index in [4.69, 9.17) is 0 Å². The Morgan fingerprint density at radius 2 is 2.14 bits per heavy atom. The Bertz CT molecular complexity index is 569. The molecule has 21 heavy (non-hydrogen) atoms. The molecule has 5 nitrogen and oxygen atoms in total. The molecule has 1 aliphatic rings. The zero-order chi connectivity index (χ0) is 15.6. The van der Waals surface area contributed by atoms with Crippen LogP contribution in [0.4, 0.5) is 0 Å². The average Bonchev–Trinajstić information content (AvgIpc) is 3.03. The normalized spacial score (nSPS) is 24.0. The van der Waals surface area contributed by atoms with Crippen molar-refractivity contribution in [2.75, 3.05) is 33.7 Å². The molecule has 2 rings (SSSR count). The molecular weight excluding hydrogens is 306 g/mol. The highest BCUT2D eigenvalue weighted by Gasteiger charge is 2.38. The van der Waals surface area contributed by atoms with Crippen molar-refractivity contribution in [1.29, 1.82) is 0 Å². The Hall–Kier alpha value is -0.470. The third-order valence-electron chi connectivity index (χ3n) is 4.01. The zero-order valence-electron chi connectivity index (χ0n) is 13.2. The van der Waals surface area contributed by atoms with Gasteiger partial charge in [0.1, 0.15) is 4.21 Å². The predicted molar refractivity (Wildman–Crippen MR) is 87.1 cm³/mol. The summed E-state index contributed by atoms with van der Waals surface area (Å²) in [6.45, 7) is 6.94. The molecule has 0 radical (unpaired) electrons. The van der Waals surface area contributed by atoms with E-state index in [1.807, 2.05) is 26.4 Å². The van der Waals surface area contributed by atoms with Crippen molar-refractivity contribution in [3.63, 3.8) is 0 Å². The number of thiophene rings is 1. The van der Waals surface area contributed by atoms with E-state index in [9.17, 15) is 8.42 Å². The molecule has 0 bridgehead atoms. The van der Waals surface area contributed by atoms with Crippen LogP contribution in [0, 0.1) is 5.92 Å². The smallest absolute Gasteiger partial charge is 0.252 e. The molecule has 1 aromatic heterocycles. The molecule has 0 aromatic carbocycles. The number of sulfonamides is 1. The van der Waals surface area contributed by atoms with Crippen LogP contribution in [0.1, 0.15) is 19.4 Å². The molecule has 120 valence electrons. The van der Waals surface area contributed by atoms with Crippen LogP contribution < -0.4 is 5.32 Å². The molecule has 0 saturated carbocycles. The van der Waals surface area contributed by atoms with Crippen LogP contribution in [0.15, 0.2) is 15.7 Å². The van der Waals surface area contributed by atoms with E-state index in [0.29, 0.717) is 29.3 Å². The van der Waals surface area contributed by atoms with Gasteiger partial charge in [-0.25, -0.2) is 8.42 Å². The molecule has 1 fully saturated rings. The van der Waals surface area contributed by atoms with E-state index in [-0.39, 0.29) is 0 Å². The van der Waals surface area contributed by atoms with Crippen LogP contribution in [0.25, 0.3) is 0 Å². The van der Waals surface area contributed by atoms with Gasteiger partial charge in [0.05, 0.1) is 0 Å². The summed E-state index contributed by atoms with van der Waals surface area (Å²) >= 11 is 1.32. The Morgan fingerprint density at radius 3 is 2.71 bits per heavy atom. The second-order valence-corrected chi connectivity index (χ2v) is 8.96. The van der Waals surface area contributed by atoms with Crippen LogP contribution in [0.3, 0.4) is 0 Å². The summed E-state index contributed by atoms with van der Waals surface area (Å²) < 4.78 is 27.6. The van der Waals surface area contributed by atoms with E-state index in [1.165, 1.54) is 11.3 Å². The van der Waals surface area contributed by atoms with Gasteiger partial charge in [0, 0.05) is 25.7 Å². The fourth-order valence-corrected chi connectivity index (χ4v) is 5.67. The zero-order valence-corrected chi connectivity index (χ0v) is 14.8. The Balaban J connectivity index is 2.13. The highest BCUT2D eigenvalue weighted by Crippen LogP contribution is 2.29. The summed E-state index contributed by atoms with van der Waals surface area (Å²) in [5, 5.41) is 5.15. The molecule has 2 unspecified atom stereocenters. The first kappa shape index (κ1) is 16.9. The van der Waals surface area contributed by atoms with Gasteiger partial charge in [-0.1, -0.05) is 13.8 Å². The van der Waals surface area contributed by atoms with Crippen molar-refractivity contribution in [2.45, 2.75) is 30.6 Å². The van der Waals surface area contributed by atoms with E-state index in [2.05, 4.69) is 17.1 Å². The van der Waals surface area contributed by atoms with Crippen LogP contribution in [-0.2, 0) is 16.6 Å². The Labute approximate surface area is 132 Å². The molecule has 1 saturated heterocycles. The minimum atomic E-state index is -3.34. The topological polar surface area (TPSA) is 52.7 Å². The Kier molecular flexibility index (Phi) is 5.43. The van der Waals surface area contributed by atoms with E-state index >= 15 is 0 Å². The van der Waals surface area contributed by atoms with Gasteiger partial charge in [0.15, 0.2) is 0 Å². The molecule has 1 aromatic rings. The van der Waals surface area contributed by atoms with Gasteiger partial charge in [-0.05, 0) is 43.6 Å². The maximum absolute atomic E-state index is 12.7. The third kappa shape index (κ3) is 3.65. The maximum atomic E-state index is 12.7. The SMILES string of the molecule is CCNCc1csc(S(=O)(=O)N2CC(C)C(N(C)C)C2)c1. The highest BCUT2D eigenvalue weighted by atomic mass is 32.2. The van der Waals surface area contributed by atoms with Gasteiger partial charge in [0.25, 0.3) is 10.0 Å². The number of nitrogens with zero attached hydrogens (tertiary/aromatic N) is 2. The summed E-state index contributed by atoms with van der Waals surface area (Å²) in [6.07, 6.45) is 0. The van der Waals surface area contributed by atoms with Gasteiger partial charge in [0.2, 0.25) is 0 Å². The summed E-state index contributed by atoms with van der Waals surface area (Å²) in [5.74, 6) is 0.357. The van der Waals surface area contributed by atoms with Gasteiger partial charge in [-0.3, -0.25) is 0 Å². The van der Waals surface area contributed by atoms with Gasteiger partial charge >= 0.3 is 0 Å². The quantitative estimate of drug-likeness (QED) is 0.857. The molecule has 1 aliphatic heterocycles. The van der Waals surface area contributed by atoms with Crippen molar-refractivity contribution < 1.29 is 8.42 Å². The van der Waals surface area contributed by atoms with Gasteiger partial charge in [-0.15, -0.1) is 11.3 Å². The first-order chi connectivity index (χ1) is 9.86. The lowest BCUT2D eigenvalue weighted by molar-refractivity contribution is 0.263. The lowest BCUT2D eigenvalue weighted by Gasteiger charge is -2.22. The van der Waals surface area contributed by atoms with Crippen LogP contribution in [0.5, 0.6) is 0 Å².